The summed E-state index contributed by atoms with van der Waals surface area (Å²) in [5.41, 5.74) is 11.7. The molecule has 3 aliphatic heterocycles. The van der Waals surface area contributed by atoms with Crippen LogP contribution in [-0.2, 0) is 9.47 Å². The van der Waals surface area contributed by atoms with Gasteiger partial charge in [0, 0.05) is 49.4 Å². The van der Waals surface area contributed by atoms with Crippen LogP contribution in [0.1, 0.15) is 73.6 Å². The van der Waals surface area contributed by atoms with Gasteiger partial charge in [0.1, 0.15) is 5.82 Å². The lowest BCUT2D eigenvalue weighted by molar-refractivity contribution is -0.0377. The standard InChI is InChI=1S/C29H41N7O3/c1-18-13-31-32-19(2)26(18)20(3)39-22-7-8-24-23(12-22)27(34-33-24)21-6-9-25(30-14-21)36-16-29(17-36)10-5-11-35(15-29)28(37)38-4/h6,9,13-14,20,22-24,27,33-34H,5,7-8,10-12,15-17H2,1-4H3/t20-,22?,23?,24?,27?/m1/s1. The van der Waals surface area contributed by atoms with Gasteiger partial charge in [-0.05, 0) is 76.0 Å². The van der Waals surface area contributed by atoms with Crippen molar-refractivity contribution in [1.29, 1.82) is 0 Å². The second kappa shape index (κ2) is 10.6. The first kappa shape index (κ1) is 26.4. The van der Waals surface area contributed by atoms with E-state index >= 15 is 0 Å². The lowest BCUT2D eigenvalue weighted by Crippen LogP contribution is -2.63. The number of carbonyl (C=O) groups excluding carboxylic acids is 1. The summed E-state index contributed by atoms with van der Waals surface area (Å²) >= 11 is 0. The van der Waals surface area contributed by atoms with E-state index in [1.54, 1.807) is 0 Å². The molecule has 2 N–H and O–H groups in total. The zero-order chi connectivity index (χ0) is 27.1. The molecule has 2 aromatic heterocycles. The second-order valence-electron chi connectivity index (χ2n) is 12.1. The Balaban J connectivity index is 1.07. The average molecular weight is 536 g/mol. The molecule has 0 radical (unpaired) electrons. The van der Waals surface area contributed by atoms with Gasteiger partial charge >= 0.3 is 6.09 Å². The number of piperidine rings is 1. The monoisotopic (exact) mass is 535 g/mol. The Morgan fingerprint density at radius 3 is 2.74 bits per heavy atom. The number of aromatic nitrogens is 3. The van der Waals surface area contributed by atoms with Crippen LogP contribution >= 0.6 is 0 Å². The van der Waals surface area contributed by atoms with Crippen LogP contribution < -0.4 is 15.8 Å². The van der Waals surface area contributed by atoms with Gasteiger partial charge in [0.2, 0.25) is 0 Å². The molecule has 5 heterocycles. The molecule has 4 aliphatic rings. The van der Waals surface area contributed by atoms with E-state index in [-0.39, 0.29) is 29.8 Å². The molecule has 1 spiro atoms. The van der Waals surface area contributed by atoms with Crippen molar-refractivity contribution in [2.45, 2.75) is 77.2 Å². The van der Waals surface area contributed by atoms with Crippen LogP contribution in [0.25, 0.3) is 0 Å². The molecule has 6 rings (SSSR count). The highest BCUT2D eigenvalue weighted by atomic mass is 16.5. The molecule has 1 amide bonds. The number of amides is 1. The summed E-state index contributed by atoms with van der Waals surface area (Å²) in [6.45, 7) is 9.65. The lowest BCUT2D eigenvalue weighted by atomic mass is 9.73. The Hall–Kier alpha value is -2.82. The van der Waals surface area contributed by atoms with E-state index in [0.29, 0.717) is 12.0 Å². The number of likely N-dealkylation sites (tertiary alicyclic amines) is 1. The highest BCUT2D eigenvalue weighted by molar-refractivity contribution is 5.67. The van der Waals surface area contributed by atoms with Crippen LogP contribution in [-0.4, -0.2) is 71.6 Å². The predicted molar refractivity (Wildman–Crippen MR) is 147 cm³/mol. The van der Waals surface area contributed by atoms with Crippen LogP contribution in [0.15, 0.2) is 24.5 Å². The Morgan fingerprint density at radius 2 is 2.00 bits per heavy atom. The molecule has 4 fully saturated rings. The molecular weight excluding hydrogens is 494 g/mol. The number of methoxy groups -OCH3 is 1. The molecular formula is C29H41N7O3. The quantitative estimate of drug-likeness (QED) is 0.594. The summed E-state index contributed by atoms with van der Waals surface area (Å²) in [5, 5.41) is 8.32. The Morgan fingerprint density at radius 1 is 1.15 bits per heavy atom. The molecule has 0 aromatic carbocycles. The number of anilines is 1. The number of hydrogen-bond donors (Lipinski definition) is 2. The number of nitrogens with one attached hydrogen (secondary N) is 2. The van der Waals surface area contributed by atoms with E-state index < -0.39 is 0 Å². The summed E-state index contributed by atoms with van der Waals surface area (Å²) in [7, 11) is 1.46. The molecule has 5 atom stereocenters. The Bertz CT molecular complexity index is 1170. The van der Waals surface area contributed by atoms with Gasteiger partial charge in [-0.15, -0.1) is 0 Å². The van der Waals surface area contributed by atoms with Crippen molar-refractivity contribution in [3.8, 4) is 0 Å². The van der Waals surface area contributed by atoms with E-state index in [4.69, 9.17) is 14.5 Å². The minimum absolute atomic E-state index is 0.00699. The molecule has 210 valence electrons. The number of aryl methyl sites for hydroxylation is 2. The third-order valence-corrected chi connectivity index (χ3v) is 9.38. The van der Waals surface area contributed by atoms with E-state index in [9.17, 15) is 4.79 Å². The molecule has 2 aromatic rings. The van der Waals surface area contributed by atoms with E-state index in [2.05, 4.69) is 51.9 Å². The van der Waals surface area contributed by atoms with Gasteiger partial charge in [-0.25, -0.2) is 15.2 Å². The average Bonchev–Trinajstić information content (AvgIpc) is 3.34. The van der Waals surface area contributed by atoms with Gasteiger partial charge < -0.3 is 19.3 Å². The fraction of sp³-hybridized carbons (Fsp3) is 0.655. The molecule has 39 heavy (non-hydrogen) atoms. The SMILES string of the molecule is COC(=O)N1CCCC2(C1)CN(c1ccc(C3NNC4CCC(O[C@H](C)c5c(C)cnnc5C)CC43)cn1)C2. The number of pyridine rings is 1. The number of hydrazine groups is 1. The number of hydrogen-bond acceptors (Lipinski definition) is 9. The smallest absolute Gasteiger partial charge is 0.409 e. The zero-order valence-corrected chi connectivity index (χ0v) is 23.5. The van der Waals surface area contributed by atoms with Crippen molar-refractivity contribution in [3.63, 3.8) is 0 Å². The van der Waals surface area contributed by atoms with Crippen LogP contribution in [0.2, 0.25) is 0 Å². The number of fused-ring (bicyclic) bond motifs is 1. The largest absolute Gasteiger partial charge is 0.453 e. The summed E-state index contributed by atoms with van der Waals surface area (Å²) in [5.74, 6) is 1.46. The minimum Gasteiger partial charge on any atom is -0.453 e. The number of rotatable bonds is 5. The predicted octanol–water partition coefficient (Wildman–Crippen LogP) is 3.62. The van der Waals surface area contributed by atoms with Crippen molar-refractivity contribution in [2.75, 3.05) is 38.2 Å². The Labute approximate surface area is 230 Å². The van der Waals surface area contributed by atoms with Crippen molar-refractivity contribution in [3.05, 3.63) is 46.9 Å². The van der Waals surface area contributed by atoms with Crippen molar-refractivity contribution < 1.29 is 14.3 Å². The third kappa shape index (κ3) is 5.10. The number of ether oxygens (including phenoxy) is 2. The normalized spacial score (nSPS) is 28.6. The van der Waals surface area contributed by atoms with Crippen LogP contribution in [0, 0.1) is 25.2 Å². The van der Waals surface area contributed by atoms with E-state index in [0.717, 1.165) is 80.9 Å². The van der Waals surface area contributed by atoms with Crippen molar-refractivity contribution in [2.24, 2.45) is 11.3 Å². The van der Waals surface area contributed by atoms with Gasteiger partial charge in [0.15, 0.2) is 0 Å². The molecule has 10 nitrogen and oxygen atoms in total. The van der Waals surface area contributed by atoms with Crippen LogP contribution in [0.3, 0.4) is 0 Å². The fourth-order valence-electron chi connectivity index (χ4n) is 7.50. The molecule has 1 aliphatic carbocycles. The molecule has 1 saturated carbocycles. The van der Waals surface area contributed by atoms with Gasteiger partial charge in [0.05, 0.1) is 37.3 Å². The number of carbonyl (C=O) groups is 1. The summed E-state index contributed by atoms with van der Waals surface area (Å²) in [4.78, 5) is 21.1. The van der Waals surface area contributed by atoms with Gasteiger partial charge in [-0.2, -0.15) is 10.2 Å². The molecule has 0 bridgehead atoms. The highest BCUT2D eigenvalue weighted by Gasteiger charge is 2.47. The van der Waals surface area contributed by atoms with Crippen molar-refractivity contribution >= 4 is 11.9 Å². The third-order valence-electron chi connectivity index (χ3n) is 9.38. The molecule has 3 saturated heterocycles. The fourth-order valence-corrected chi connectivity index (χ4v) is 7.50. The first-order chi connectivity index (χ1) is 18.9. The summed E-state index contributed by atoms with van der Waals surface area (Å²) < 4.78 is 11.6. The first-order valence-electron chi connectivity index (χ1n) is 14.3. The maximum absolute atomic E-state index is 12.0. The maximum Gasteiger partial charge on any atom is 0.409 e. The Kier molecular flexibility index (Phi) is 7.20. The minimum atomic E-state index is -0.213. The van der Waals surface area contributed by atoms with Crippen LogP contribution in [0.4, 0.5) is 10.6 Å². The van der Waals surface area contributed by atoms with E-state index in [1.165, 1.54) is 12.7 Å². The molecule has 10 heteroatoms. The van der Waals surface area contributed by atoms with E-state index in [1.807, 2.05) is 24.2 Å². The van der Waals surface area contributed by atoms with Gasteiger partial charge in [-0.1, -0.05) is 6.07 Å². The van der Waals surface area contributed by atoms with Gasteiger partial charge in [-0.3, -0.25) is 5.43 Å². The molecule has 4 unspecified atom stereocenters. The van der Waals surface area contributed by atoms with Crippen molar-refractivity contribution in [1.82, 2.24) is 30.9 Å². The lowest BCUT2D eigenvalue weighted by Gasteiger charge is -2.54. The van der Waals surface area contributed by atoms with Crippen LogP contribution in [0.5, 0.6) is 0 Å². The summed E-state index contributed by atoms with van der Waals surface area (Å²) in [6, 6.07) is 5.02. The first-order valence-corrected chi connectivity index (χ1v) is 14.3. The topological polar surface area (TPSA) is 105 Å². The van der Waals surface area contributed by atoms with Gasteiger partial charge in [0.25, 0.3) is 0 Å². The second-order valence-corrected chi connectivity index (χ2v) is 12.1. The highest BCUT2D eigenvalue weighted by Crippen LogP contribution is 2.43. The maximum atomic E-state index is 12.0. The summed E-state index contributed by atoms with van der Waals surface area (Å²) in [6.07, 6.45) is 9.16. The zero-order valence-electron chi connectivity index (χ0n) is 23.5. The number of nitrogens with zero attached hydrogens (tertiary/aromatic N) is 5.